The van der Waals surface area contributed by atoms with Crippen LogP contribution in [0.15, 0.2) is 267 Å². The number of benzene rings is 10. The Morgan fingerprint density at radius 1 is 0.312 bits per heavy atom. The van der Waals surface area contributed by atoms with E-state index >= 15 is 0 Å². The van der Waals surface area contributed by atoms with Gasteiger partial charge in [-0.15, -0.1) is 10.0 Å². The van der Waals surface area contributed by atoms with Crippen LogP contribution in [0.5, 0.6) is 0 Å². The van der Waals surface area contributed by atoms with E-state index in [2.05, 4.69) is 246 Å². The van der Waals surface area contributed by atoms with Crippen molar-refractivity contribution in [3.8, 4) is 22.5 Å². The molecular weight excluding hydrogens is 797 g/mol. The number of hydrogen-bond acceptors (Lipinski definition) is 1. The molecule has 4 heteroatoms. The van der Waals surface area contributed by atoms with Crippen LogP contribution in [0.25, 0.3) is 88.1 Å². The zero-order valence-electron chi connectivity index (χ0n) is 34.8. The van der Waals surface area contributed by atoms with E-state index in [0.29, 0.717) is 0 Å². The van der Waals surface area contributed by atoms with Crippen molar-refractivity contribution >= 4 is 75.6 Å². The van der Waals surface area contributed by atoms with Crippen LogP contribution in [-0.4, -0.2) is 9.13 Å². The predicted octanol–water partition coefficient (Wildman–Crippen LogP) is 16.8. The lowest BCUT2D eigenvalue weighted by Crippen LogP contribution is -2.06. The van der Waals surface area contributed by atoms with Crippen molar-refractivity contribution in [2.75, 3.05) is 0 Å². The van der Waals surface area contributed by atoms with Crippen molar-refractivity contribution in [3.05, 3.63) is 243 Å². The first-order chi connectivity index (χ1) is 31.8. The standard InChI is InChI=1S/C60H40N2OS/c1-4-19-41(20-5-1)47-30-17-33-54-59(47)49-28-10-14-32-53(49)62(54)56-35-18-34-55-60(56)50-29-11-13-31-52(50)61(55)42-21-16-26-45(39-42)64(43-22-6-2-7-23-43,44-24-8-3-9-25-44)46-37-38-58-51(40-46)48-27-12-15-36-57(48)63-58/h1-40H. The lowest BCUT2D eigenvalue weighted by molar-refractivity contribution is 0.668. The molecule has 0 radical (unpaired) electrons. The molecular formula is C60H40N2OS. The summed E-state index contributed by atoms with van der Waals surface area (Å²) in [4.78, 5) is 5.06. The summed E-state index contributed by atoms with van der Waals surface area (Å²) >= 11 is 0. The molecule has 3 nitrogen and oxygen atoms in total. The quantitative estimate of drug-likeness (QED) is 0.157. The van der Waals surface area contributed by atoms with E-state index in [9.17, 15) is 0 Å². The second-order valence-corrected chi connectivity index (χ2v) is 19.5. The van der Waals surface area contributed by atoms with E-state index in [1.165, 1.54) is 68.8 Å². The van der Waals surface area contributed by atoms with Crippen LogP contribution in [0.4, 0.5) is 0 Å². The molecule has 0 saturated carbocycles. The molecule has 13 rings (SSSR count). The van der Waals surface area contributed by atoms with Gasteiger partial charge in [0.1, 0.15) is 11.2 Å². The van der Waals surface area contributed by atoms with Gasteiger partial charge < -0.3 is 13.6 Å². The maximum Gasteiger partial charge on any atom is 0.135 e. The number of nitrogens with zero attached hydrogens (tertiary/aromatic N) is 2. The summed E-state index contributed by atoms with van der Waals surface area (Å²) < 4.78 is 11.4. The van der Waals surface area contributed by atoms with Crippen molar-refractivity contribution in [1.29, 1.82) is 0 Å². The summed E-state index contributed by atoms with van der Waals surface area (Å²) in [5, 5.41) is 7.20. The Morgan fingerprint density at radius 3 is 1.56 bits per heavy atom. The first-order valence-corrected chi connectivity index (χ1v) is 23.5. The molecule has 0 atom stereocenters. The van der Waals surface area contributed by atoms with Crippen molar-refractivity contribution in [2.45, 2.75) is 19.6 Å². The van der Waals surface area contributed by atoms with Crippen LogP contribution < -0.4 is 0 Å². The molecule has 0 N–H and O–H groups in total. The highest BCUT2D eigenvalue weighted by atomic mass is 32.3. The van der Waals surface area contributed by atoms with Gasteiger partial charge in [-0.2, -0.15) is 0 Å². The van der Waals surface area contributed by atoms with Gasteiger partial charge in [-0.25, -0.2) is 0 Å². The fraction of sp³-hybridized carbons (Fsp3) is 0. The van der Waals surface area contributed by atoms with Gasteiger partial charge in [-0.1, -0.05) is 146 Å². The van der Waals surface area contributed by atoms with E-state index in [4.69, 9.17) is 4.42 Å². The van der Waals surface area contributed by atoms with Crippen molar-refractivity contribution < 1.29 is 4.42 Å². The second-order valence-electron chi connectivity index (χ2n) is 16.4. The largest absolute Gasteiger partial charge is 0.456 e. The molecule has 0 fully saturated rings. The van der Waals surface area contributed by atoms with E-state index in [0.717, 1.165) is 38.8 Å². The summed E-state index contributed by atoms with van der Waals surface area (Å²) in [5.74, 6) is 0. The van der Waals surface area contributed by atoms with E-state index in [-0.39, 0.29) is 0 Å². The normalized spacial score (nSPS) is 12.3. The van der Waals surface area contributed by atoms with Crippen molar-refractivity contribution in [3.63, 3.8) is 0 Å². The fourth-order valence-electron chi connectivity index (χ4n) is 10.4. The van der Waals surface area contributed by atoms with Gasteiger partial charge in [-0.3, -0.25) is 0 Å². The van der Waals surface area contributed by atoms with Gasteiger partial charge in [0, 0.05) is 57.6 Å². The van der Waals surface area contributed by atoms with E-state index < -0.39 is 10.0 Å². The van der Waals surface area contributed by atoms with Crippen molar-refractivity contribution in [2.24, 2.45) is 0 Å². The summed E-state index contributed by atoms with van der Waals surface area (Å²) in [6.45, 7) is 0. The topological polar surface area (TPSA) is 23.0 Å². The maximum atomic E-state index is 6.40. The average molecular weight is 837 g/mol. The molecule has 0 saturated heterocycles. The molecule has 10 aromatic carbocycles. The van der Waals surface area contributed by atoms with Gasteiger partial charge in [0.15, 0.2) is 0 Å². The highest BCUT2D eigenvalue weighted by Crippen LogP contribution is 2.74. The predicted molar refractivity (Wildman–Crippen MR) is 268 cm³/mol. The molecule has 3 aromatic heterocycles. The third-order valence-corrected chi connectivity index (χ3v) is 16.9. The molecule has 0 aliphatic carbocycles. The minimum atomic E-state index is -2.05. The van der Waals surface area contributed by atoms with Gasteiger partial charge in [-0.05, 0) is 108 Å². The highest BCUT2D eigenvalue weighted by Gasteiger charge is 2.34. The van der Waals surface area contributed by atoms with Crippen LogP contribution in [0.1, 0.15) is 0 Å². The van der Waals surface area contributed by atoms with Crippen LogP contribution in [-0.2, 0) is 0 Å². The number of rotatable bonds is 7. The Labute approximate surface area is 372 Å². The molecule has 302 valence electrons. The SMILES string of the molecule is c1ccc(-c2cccc3c2c2ccccc2n3-c2cccc3c2c2ccccc2n3-c2cccc(S(c3ccccc3)(c3ccccc3)c3ccc4oc5ccccc5c4c3)c2)cc1. The molecule has 3 heterocycles. The molecule has 0 amide bonds. The van der Waals surface area contributed by atoms with Crippen LogP contribution in [0, 0.1) is 0 Å². The summed E-state index contributed by atoms with van der Waals surface area (Å²) in [6, 6.07) is 88.9. The van der Waals surface area contributed by atoms with Crippen molar-refractivity contribution in [1.82, 2.24) is 9.13 Å². The first-order valence-electron chi connectivity index (χ1n) is 21.8. The van der Waals surface area contributed by atoms with E-state index in [1.54, 1.807) is 0 Å². The smallest absolute Gasteiger partial charge is 0.135 e. The molecule has 64 heavy (non-hydrogen) atoms. The molecule has 0 unspecified atom stereocenters. The molecule has 0 bridgehead atoms. The Hall–Kier alpha value is -8.05. The number of hydrogen-bond donors (Lipinski definition) is 0. The molecule has 0 aliphatic rings. The monoisotopic (exact) mass is 836 g/mol. The summed E-state index contributed by atoms with van der Waals surface area (Å²) in [7, 11) is -2.05. The Kier molecular flexibility index (Phi) is 8.30. The Bertz CT molecular complexity index is 3860. The molecule has 0 spiro atoms. The average Bonchev–Trinajstić information content (AvgIpc) is 4.03. The zero-order chi connectivity index (χ0) is 42.2. The number of aromatic nitrogens is 2. The van der Waals surface area contributed by atoms with Crippen LogP contribution in [0.2, 0.25) is 0 Å². The number of furan rings is 1. The summed E-state index contributed by atoms with van der Waals surface area (Å²) in [6.07, 6.45) is 0. The van der Waals surface area contributed by atoms with Gasteiger partial charge in [0.25, 0.3) is 0 Å². The summed E-state index contributed by atoms with van der Waals surface area (Å²) in [5.41, 5.74) is 11.2. The van der Waals surface area contributed by atoms with Gasteiger partial charge >= 0.3 is 0 Å². The lowest BCUT2D eigenvalue weighted by Gasteiger charge is -2.42. The Morgan fingerprint density at radius 2 is 0.828 bits per heavy atom. The molecule has 0 aliphatic heterocycles. The lowest BCUT2D eigenvalue weighted by atomic mass is 9.99. The van der Waals surface area contributed by atoms with Crippen LogP contribution >= 0.6 is 10.0 Å². The number of fused-ring (bicyclic) bond motifs is 9. The fourth-order valence-corrected chi connectivity index (χ4v) is 14.3. The van der Waals surface area contributed by atoms with Gasteiger partial charge in [0.2, 0.25) is 0 Å². The highest BCUT2D eigenvalue weighted by molar-refractivity contribution is 8.34. The van der Waals surface area contributed by atoms with E-state index in [1.807, 2.05) is 6.07 Å². The third-order valence-electron chi connectivity index (χ3n) is 13.0. The minimum absolute atomic E-state index is 0.897. The Balaban J connectivity index is 1.09. The zero-order valence-corrected chi connectivity index (χ0v) is 35.6. The first kappa shape index (κ1) is 36.6. The van der Waals surface area contributed by atoms with Gasteiger partial charge in [0.05, 0.1) is 27.8 Å². The third kappa shape index (κ3) is 5.36. The van der Waals surface area contributed by atoms with Crippen LogP contribution in [0.3, 0.4) is 0 Å². The second kappa shape index (κ2) is 14.5. The minimum Gasteiger partial charge on any atom is -0.456 e. The number of para-hydroxylation sites is 3. The molecule has 13 aromatic rings. The maximum absolute atomic E-state index is 6.40.